The Balaban J connectivity index is 1.40. The van der Waals surface area contributed by atoms with E-state index in [-0.39, 0.29) is 30.3 Å². The summed E-state index contributed by atoms with van der Waals surface area (Å²) in [5, 5.41) is 22.3. The molecule has 5 rings (SSSR count). The average molecular weight is 585 g/mol. The van der Waals surface area contributed by atoms with Crippen molar-refractivity contribution in [3.63, 3.8) is 0 Å². The summed E-state index contributed by atoms with van der Waals surface area (Å²) in [6, 6.07) is 26.9. The zero-order valence-electron chi connectivity index (χ0n) is 23.1. The maximum atomic E-state index is 11.7. The zero-order valence-corrected chi connectivity index (χ0v) is 23.9. The summed E-state index contributed by atoms with van der Waals surface area (Å²) in [6.45, 7) is 1.91. The fraction of sp³-hybridized carbons (Fsp3) is 0.242. The molecule has 8 nitrogen and oxygen atoms in total. The van der Waals surface area contributed by atoms with Gasteiger partial charge in [-0.05, 0) is 52.1 Å². The Labute approximate surface area is 248 Å². The van der Waals surface area contributed by atoms with Crippen LogP contribution in [0.2, 0.25) is 0 Å². The van der Waals surface area contributed by atoms with Gasteiger partial charge in [-0.1, -0.05) is 60.7 Å². The second kappa shape index (κ2) is 13.8. The van der Waals surface area contributed by atoms with E-state index in [1.807, 2.05) is 66.7 Å². The standard InChI is InChI=1S/C33H32N2O6S/c1-21(37)35-18-23-5-2-6-25(15-23)26-7-3-8-27(16-26)33-40-28(20-42-31-29(32(38)39)9-4-14-34-31)17-30(41-33)24-12-10-22(19-36)11-13-24/h2-16,28,30,33,36H,17-20H2,1H3,(H,35,37)(H,38,39)/t28-,30+,33+/m1/s1. The van der Waals surface area contributed by atoms with Gasteiger partial charge in [-0.2, -0.15) is 0 Å². The number of rotatable bonds is 10. The van der Waals surface area contributed by atoms with E-state index >= 15 is 0 Å². The Morgan fingerprint density at radius 3 is 2.43 bits per heavy atom. The van der Waals surface area contributed by atoms with Crippen LogP contribution in [0.4, 0.5) is 0 Å². The van der Waals surface area contributed by atoms with Gasteiger partial charge in [0.2, 0.25) is 5.91 Å². The number of aliphatic hydroxyl groups excluding tert-OH is 1. The number of pyridine rings is 1. The van der Waals surface area contributed by atoms with E-state index in [1.165, 1.54) is 18.7 Å². The van der Waals surface area contributed by atoms with E-state index in [0.717, 1.165) is 33.4 Å². The van der Waals surface area contributed by atoms with Crippen LogP contribution >= 0.6 is 11.8 Å². The van der Waals surface area contributed by atoms with E-state index in [2.05, 4.69) is 16.4 Å². The first-order valence-electron chi connectivity index (χ1n) is 13.6. The molecule has 3 atom stereocenters. The SMILES string of the molecule is CC(=O)NCc1cccc(-c2cccc([C@H]3O[C@@H](CSc4ncccc4C(=O)O)C[C@@H](c4ccc(CO)cc4)O3)c2)c1. The second-order valence-electron chi connectivity index (χ2n) is 10.1. The van der Waals surface area contributed by atoms with E-state index in [9.17, 15) is 19.8 Å². The van der Waals surface area contributed by atoms with Crippen molar-refractivity contribution in [1.82, 2.24) is 10.3 Å². The smallest absolute Gasteiger partial charge is 0.338 e. The average Bonchev–Trinajstić information content (AvgIpc) is 3.03. The number of amides is 1. The molecule has 3 N–H and O–H groups in total. The van der Waals surface area contributed by atoms with Crippen LogP contribution in [0.1, 0.15) is 58.4 Å². The number of hydrogen-bond donors (Lipinski definition) is 3. The normalized spacial score (nSPS) is 18.4. The molecule has 0 aliphatic carbocycles. The number of ether oxygens (including phenoxy) is 2. The molecule has 0 saturated carbocycles. The predicted molar refractivity (Wildman–Crippen MR) is 160 cm³/mol. The van der Waals surface area contributed by atoms with Crippen molar-refractivity contribution in [1.29, 1.82) is 0 Å². The fourth-order valence-corrected chi connectivity index (χ4v) is 5.82. The molecule has 42 heavy (non-hydrogen) atoms. The Morgan fingerprint density at radius 2 is 1.69 bits per heavy atom. The number of benzene rings is 3. The fourth-order valence-electron chi connectivity index (χ4n) is 4.82. The van der Waals surface area contributed by atoms with Crippen LogP contribution in [0.5, 0.6) is 0 Å². The lowest BCUT2D eigenvalue weighted by Crippen LogP contribution is -2.31. The molecule has 2 heterocycles. The number of aromatic carboxylic acids is 1. The third-order valence-electron chi connectivity index (χ3n) is 6.98. The molecule has 1 saturated heterocycles. The number of aromatic nitrogens is 1. The molecule has 1 amide bonds. The molecule has 1 fully saturated rings. The quantitative estimate of drug-likeness (QED) is 0.197. The lowest BCUT2D eigenvalue weighted by Gasteiger charge is -2.36. The lowest BCUT2D eigenvalue weighted by atomic mass is 9.99. The number of carbonyl (C=O) groups excluding carboxylic acids is 1. The van der Waals surface area contributed by atoms with Crippen LogP contribution < -0.4 is 5.32 Å². The molecule has 216 valence electrons. The van der Waals surface area contributed by atoms with E-state index in [1.54, 1.807) is 18.3 Å². The number of thioether (sulfide) groups is 1. The summed E-state index contributed by atoms with van der Waals surface area (Å²) in [7, 11) is 0. The molecule has 0 spiro atoms. The molecule has 0 radical (unpaired) electrons. The van der Waals surface area contributed by atoms with Gasteiger partial charge in [0.15, 0.2) is 6.29 Å². The van der Waals surface area contributed by atoms with Crippen molar-refractivity contribution in [2.45, 2.75) is 50.0 Å². The molecule has 1 aromatic heterocycles. The maximum absolute atomic E-state index is 11.7. The zero-order chi connectivity index (χ0) is 29.5. The number of hydrogen-bond acceptors (Lipinski definition) is 7. The largest absolute Gasteiger partial charge is 0.478 e. The molecule has 1 aliphatic heterocycles. The van der Waals surface area contributed by atoms with Gasteiger partial charge in [0.25, 0.3) is 0 Å². The number of nitrogens with one attached hydrogen (secondary N) is 1. The molecule has 9 heteroatoms. The van der Waals surface area contributed by atoms with Gasteiger partial charge in [0.1, 0.15) is 5.03 Å². The lowest BCUT2D eigenvalue weighted by molar-refractivity contribution is -0.245. The number of carboxylic acids is 1. The van der Waals surface area contributed by atoms with E-state index in [4.69, 9.17) is 9.47 Å². The molecular weight excluding hydrogens is 552 g/mol. The van der Waals surface area contributed by atoms with Gasteiger partial charge in [-0.15, -0.1) is 11.8 Å². The predicted octanol–water partition coefficient (Wildman–Crippen LogP) is 5.91. The number of carbonyl (C=O) groups is 2. The maximum Gasteiger partial charge on any atom is 0.338 e. The third kappa shape index (κ3) is 7.43. The second-order valence-corrected chi connectivity index (χ2v) is 11.1. The van der Waals surface area contributed by atoms with Crippen molar-refractivity contribution in [3.8, 4) is 11.1 Å². The Morgan fingerprint density at radius 1 is 0.929 bits per heavy atom. The third-order valence-corrected chi connectivity index (χ3v) is 8.12. The highest BCUT2D eigenvalue weighted by atomic mass is 32.2. The van der Waals surface area contributed by atoms with Gasteiger partial charge in [0, 0.05) is 37.4 Å². The molecule has 4 aromatic rings. The number of carboxylic acid groups (broad SMARTS) is 1. The van der Waals surface area contributed by atoms with E-state index < -0.39 is 12.3 Å². The van der Waals surface area contributed by atoms with Crippen LogP contribution in [-0.2, 0) is 27.4 Å². The van der Waals surface area contributed by atoms with Crippen LogP contribution in [0.15, 0.2) is 96.2 Å². The van der Waals surface area contributed by atoms with E-state index in [0.29, 0.717) is 23.7 Å². The Hall–Kier alpha value is -4.02. The molecular formula is C33H32N2O6S. The van der Waals surface area contributed by atoms with Crippen LogP contribution in [0.25, 0.3) is 11.1 Å². The summed E-state index contributed by atoms with van der Waals surface area (Å²) in [5.74, 6) is -0.603. The van der Waals surface area contributed by atoms with Crippen molar-refractivity contribution < 1.29 is 29.3 Å². The summed E-state index contributed by atoms with van der Waals surface area (Å²) in [4.78, 5) is 27.3. The van der Waals surface area contributed by atoms with Crippen LogP contribution in [0.3, 0.4) is 0 Å². The first kappa shape index (κ1) is 29.5. The van der Waals surface area contributed by atoms with Crippen molar-refractivity contribution in [2.75, 3.05) is 5.75 Å². The summed E-state index contributed by atoms with van der Waals surface area (Å²) in [6.07, 6.45) is 0.989. The van der Waals surface area contributed by atoms with Crippen LogP contribution in [0, 0.1) is 0 Å². The molecule has 3 aromatic carbocycles. The minimum absolute atomic E-state index is 0.0361. The highest BCUT2D eigenvalue weighted by molar-refractivity contribution is 7.99. The van der Waals surface area contributed by atoms with Gasteiger partial charge in [0.05, 0.1) is 24.4 Å². The topological polar surface area (TPSA) is 118 Å². The highest BCUT2D eigenvalue weighted by Crippen LogP contribution is 2.40. The molecule has 0 unspecified atom stereocenters. The number of aliphatic hydroxyl groups is 1. The van der Waals surface area contributed by atoms with Crippen molar-refractivity contribution in [2.24, 2.45) is 0 Å². The van der Waals surface area contributed by atoms with Crippen molar-refractivity contribution in [3.05, 3.63) is 119 Å². The number of nitrogens with zero attached hydrogens (tertiary/aromatic N) is 1. The van der Waals surface area contributed by atoms with Gasteiger partial charge < -0.3 is 25.0 Å². The summed E-state index contributed by atoms with van der Waals surface area (Å²) >= 11 is 1.36. The molecule has 0 bridgehead atoms. The summed E-state index contributed by atoms with van der Waals surface area (Å²) in [5.41, 5.74) is 5.81. The Kier molecular flexibility index (Phi) is 9.66. The summed E-state index contributed by atoms with van der Waals surface area (Å²) < 4.78 is 13.0. The van der Waals surface area contributed by atoms with Gasteiger partial charge >= 0.3 is 5.97 Å². The van der Waals surface area contributed by atoms with Crippen molar-refractivity contribution >= 4 is 23.6 Å². The monoisotopic (exact) mass is 584 g/mol. The minimum Gasteiger partial charge on any atom is -0.478 e. The van der Waals surface area contributed by atoms with Gasteiger partial charge in [-0.3, -0.25) is 4.79 Å². The first-order chi connectivity index (χ1) is 20.4. The highest BCUT2D eigenvalue weighted by Gasteiger charge is 2.32. The minimum atomic E-state index is -1.02. The van der Waals surface area contributed by atoms with Crippen LogP contribution in [-0.4, -0.2) is 38.9 Å². The van der Waals surface area contributed by atoms with Gasteiger partial charge in [-0.25, -0.2) is 9.78 Å². The first-order valence-corrected chi connectivity index (χ1v) is 14.6. The molecule has 1 aliphatic rings. The Bertz CT molecular complexity index is 1540.